The maximum absolute atomic E-state index is 5.84. The number of nitrogens with one attached hydrogen (secondary N) is 1. The number of nitrogens with zero attached hydrogens (tertiary/aromatic N) is 3. The molecule has 154 valence electrons. The van der Waals surface area contributed by atoms with Crippen molar-refractivity contribution in [2.45, 2.75) is 43.8 Å². The molecule has 1 aliphatic heterocycles. The van der Waals surface area contributed by atoms with E-state index in [0.717, 1.165) is 22.2 Å². The van der Waals surface area contributed by atoms with Gasteiger partial charge in [0, 0.05) is 29.8 Å². The molecule has 30 heavy (non-hydrogen) atoms. The first-order valence-corrected chi connectivity index (χ1v) is 11.0. The fraction of sp³-hybridized carbons (Fsp3) is 0.333. The van der Waals surface area contributed by atoms with Gasteiger partial charge in [-0.3, -0.25) is 4.98 Å². The first-order chi connectivity index (χ1) is 14.8. The highest BCUT2D eigenvalue weighted by Gasteiger charge is 2.42. The maximum Gasteiger partial charge on any atom is 0.174 e. The van der Waals surface area contributed by atoms with Crippen LogP contribution in [0.2, 0.25) is 0 Å². The third-order valence-electron chi connectivity index (χ3n) is 6.28. The SMILES string of the molecule is COc1ccc(N2C(=S)N[C@H](c3ccccn3)[C@@H]2c2cccn2C2CCCC2)cc1. The smallest absolute Gasteiger partial charge is 0.174 e. The number of hydrogen-bond donors (Lipinski definition) is 1. The minimum Gasteiger partial charge on any atom is -0.497 e. The lowest BCUT2D eigenvalue weighted by Crippen LogP contribution is -2.30. The second-order valence-corrected chi connectivity index (χ2v) is 8.36. The highest BCUT2D eigenvalue weighted by atomic mass is 32.1. The van der Waals surface area contributed by atoms with Crippen LogP contribution in [-0.2, 0) is 0 Å². The van der Waals surface area contributed by atoms with E-state index in [2.05, 4.69) is 56.3 Å². The van der Waals surface area contributed by atoms with Crippen LogP contribution in [0.1, 0.15) is 55.2 Å². The van der Waals surface area contributed by atoms with Crippen LogP contribution in [0.4, 0.5) is 5.69 Å². The molecule has 2 aliphatic rings. The highest BCUT2D eigenvalue weighted by molar-refractivity contribution is 7.80. The van der Waals surface area contributed by atoms with Crippen LogP contribution in [0.5, 0.6) is 5.75 Å². The van der Waals surface area contributed by atoms with Gasteiger partial charge in [0.1, 0.15) is 11.8 Å². The second-order valence-electron chi connectivity index (χ2n) is 7.97. The zero-order valence-corrected chi connectivity index (χ0v) is 17.9. The maximum atomic E-state index is 5.84. The van der Waals surface area contributed by atoms with Crippen molar-refractivity contribution in [1.29, 1.82) is 0 Å². The van der Waals surface area contributed by atoms with Crippen molar-refractivity contribution in [1.82, 2.24) is 14.9 Å². The van der Waals surface area contributed by atoms with Crippen LogP contribution in [0.3, 0.4) is 0 Å². The van der Waals surface area contributed by atoms with E-state index in [1.165, 1.54) is 31.4 Å². The quantitative estimate of drug-likeness (QED) is 0.578. The summed E-state index contributed by atoms with van der Waals surface area (Å²) >= 11 is 5.84. The molecule has 1 saturated carbocycles. The minimum absolute atomic E-state index is 0.0177. The lowest BCUT2D eigenvalue weighted by Gasteiger charge is -2.30. The van der Waals surface area contributed by atoms with E-state index >= 15 is 0 Å². The summed E-state index contributed by atoms with van der Waals surface area (Å²) in [6.07, 6.45) is 9.16. The number of thiocarbonyl (C=S) groups is 1. The highest BCUT2D eigenvalue weighted by Crippen LogP contribution is 2.43. The molecule has 0 unspecified atom stereocenters. The molecule has 0 bridgehead atoms. The van der Waals surface area contributed by atoms with Gasteiger partial charge in [-0.2, -0.15) is 0 Å². The number of pyridine rings is 1. The van der Waals surface area contributed by atoms with Gasteiger partial charge < -0.3 is 19.5 Å². The summed E-state index contributed by atoms with van der Waals surface area (Å²) in [4.78, 5) is 6.89. The van der Waals surface area contributed by atoms with Crippen molar-refractivity contribution in [3.05, 3.63) is 78.4 Å². The number of anilines is 1. The van der Waals surface area contributed by atoms with Crippen molar-refractivity contribution in [2.24, 2.45) is 0 Å². The molecule has 0 amide bonds. The number of ether oxygens (including phenoxy) is 1. The fourth-order valence-electron chi connectivity index (χ4n) is 4.85. The average molecular weight is 419 g/mol. The van der Waals surface area contributed by atoms with Gasteiger partial charge in [0.15, 0.2) is 5.11 Å². The van der Waals surface area contributed by atoms with Gasteiger partial charge in [0.05, 0.1) is 18.8 Å². The predicted molar refractivity (Wildman–Crippen MR) is 123 cm³/mol. The first-order valence-electron chi connectivity index (χ1n) is 10.6. The number of methoxy groups -OCH3 is 1. The molecule has 5 nitrogen and oxygen atoms in total. The Balaban J connectivity index is 1.60. The third kappa shape index (κ3) is 3.35. The Morgan fingerprint density at radius 3 is 2.53 bits per heavy atom. The van der Waals surface area contributed by atoms with Crippen molar-refractivity contribution in [3.63, 3.8) is 0 Å². The molecule has 1 N–H and O–H groups in total. The van der Waals surface area contributed by atoms with Crippen LogP contribution >= 0.6 is 12.2 Å². The largest absolute Gasteiger partial charge is 0.497 e. The lowest BCUT2D eigenvalue weighted by molar-refractivity contribution is 0.414. The summed E-state index contributed by atoms with van der Waals surface area (Å²) in [6, 6.07) is 19.2. The number of benzene rings is 1. The topological polar surface area (TPSA) is 42.3 Å². The second kappa shape index (κ2) is 8.11. The standard InChI is InChI=1S/C24H26N4OS/c1-29-19-13-11-18(12-14-19)28-23(21-10-6-16-27(21)17-7-2-3-8-17)22(26-24(28)30)20-9-4-5-15-25-20/h4-6,9-17,22-23H,2-3,7-8H2,1H3,(H,26,30)/t22-,23+/m1/s1. The molecule has 6 heteroatoms. The van der Waals surface area contributed by atoms with E-state index in [1.54, 1.807) is 7.11 Å². The molecule has 2 aromatic heterocycles. The number of hydrogen-bond acceptors (Lipinski definition) is 3. The Morgan fingerprint density at radius 2 is 1.83 bits per heavy atom. The van der Waals surface area contributed by atoms with Crippen molar-refractivity contribution in [3.8, 4) is 5.75 Å². The van der Waals surface area contributed by atoms with E-state index in [0.29, 0.717) is 6.04 Å². The normalized spacial score (nSPS) is 21.8. The van der Waals surface area contributed by atoms with E-state index in [4.69, 9.17) is 17.0 Å². The molecule has 3 heterocycles. The molecule has 1 saturated heterocycles. The summed E-state index contributed by atoms with van der Waals surface area (Å²) < 4.78 is 7.83. The van der Waals surface area contributed by atoms with Crippen LogP contribution < -0.4 is 15.0 Å². The fourth-order valence-corrected chi connectivity index (χ4v) is 5.19. The first kappa shape index (κ1) is 19.1. The van der Waals surface area contributed by atoms with Gasteiger partial charge in [-0.15, -0.1) is 0 Å². The van der Waals surface area contributed by atoms with E-state index < -0.39 is 0 Å². The van der Waals surface area contributed by atoms with Gasteiger partial charge in [-0.05, 0) is 73.6 Å². The summed E-state index contributed by atoms with van der Waals surface area (Å²) in [5.74, 6) is 0.837. The summed E-state index contributed by atoms with van der Waals surface area (Å²) in [7, 11) is 1.69. The van der Waals surface area contributed by atoms with Crippen molar-refractivity contribution in [2.75, 3.05) is 12.0 Å². The Bertz CT molecular complexity index is 1010. The Labute approximate surface area is 182 Å². The zero-order valence-electron chi connectivity index (χ0n) is 17.1. The van der Waals surface area contributed by atoms with Crippen molar-refractivity contribution < 1.29 is 4.74 Å². The van der Waals surface area contributed by atoms with Crippen LogP contribution in [-0.4, -0.2) is 21.8 Å². The molecule has 1 aliphatic carbocycles. The zero-order chi connectivity index (χ0) is 20.5. The Hall–Kier alpha value is -2.86. The number of aromatic nitrogens is 2. The van der Waals surface area contributed by atoms with Crippen molar-refractivity contribution >= 4 is 23.0 Å². The molecule has 0 radical (unpaired) electrons. The monoisotopic (exact) mass is 418 g/mol. The third-order valence-corrected chi connectivity index (χ3v) is 6.60. The molecular formula is C24H26N4OS. The predicted octanol–water partition coefficient (Wildman–Crippen LogP) is 5.18. The van der Waals surface area contributed by atoms with Gasteiger partial charge in [0.25, 0.3) is 0 Å². The average Bonchev–Trinajstić information content (AvgIpc) is 3.53. The van der Waals surface area contributed by atoms with Gasteiger partial charge >= 0.3 is 0 Å². The van der Waals surface area contributed by atoms with E-state index in [-0.39, 0.29) is 12.1 Å². The number of rotatable bonds is 5. The minimum atomic E-state index is -0.0177. The summed E-state index contributed by atoms with van der Waals surface area (Å²) in [5.41, 5.74) is 3.33. The van der Waals surface area contributed by atoms with Gasteiger partial charge in [-0.25, -0.2) is 0 Å². The molecule has 3 aromatic rings. The van der Waals surface area contributed by atoms with Gasteiger partial charge in [-0.1, -0.05) is 18.9 Å². The Morgan fingerprint density at radius 1 is 1.03 bits per heavy atom. The van der Waals surface area contributed by atoms with Crippen LogP contribution in [0, 0.1) is 0 Å². The van der Waals surface area contributed by atoms with Crippen LogP contribution in [0.25, 0.3) is 0 Å². The van der Waals surface area contributed by atoms with Gasteiger partial charge in [0.2, 0.25) is 0 Å². The summed E-state index contributed by atoms with van der Waals surface area (Å²) in [6.45, 7) is 0. The lowest BCUT2D eigenvalue weighted by atomic mass is 10.00. The summed E-state index contributed by atoms with van der Waals surface area (Å²) in [5, 5.41) is 4.28. The molecular weight excluding hydrogens is 392 g/mol. The Kier molecular flexibility index (Phi) is 5.17. The van der Waals surface area contributed by atoms with E-state index in [9.17, 15) is 0 Å². The van der Waals surface area contributed by atoms with Crippen LogP contribution in [0.15, 0.2) is 67.0 Å². The molecule has 1 aromatic carbocycles. The van der Waals surface area contributed by atoms with E-state index in [1.807, 2.05) is 30.5 Å². The molecule has 5 rings (SSSR count). The molecule has 2 atom stereocenters. The molecule has 0 spiro atoms. The molecule has 2 fully saturated rings.